The highest BCUT2D eigenvalue weighted by Gasteiger charge is 2.33. The normalized spacial score (nSPS) is 17.6. The van der Waals surface area contributed by atoms with Gasteiger partial charge >= 0.3 is 0 Å². The van der Waals surface area contributed by atoms with Crippen LogP contribution < -0.4 is 0 Å². The van der Waals surface area contributed by atoms with Crippen LogP contribution in [0.2, 0.25) is 0 Å². The Balaban J connectivity index is 1.78. The molecule has 0 radical (unpaired) electrons. The van der Waals surface area contributed by atoms with Crippen molar-refractivity contribution in [2.75, 3.05) is 13.2 Å². The lowest BCUT2D eigenvalue weighted by Gasteiger charge is -2.12. The Morgan fingerprint density at radius 3 is 2.54 bits per heavy atom. The Morgan fingerprint density at radius 2 is 1.81 bits per heavy atom. The number of Topliss-reactive ketones (excluding diaryl/α,β-unsaturated/α-hetero) is 1. The highest BCUT2D eigenvalue weighted by atomic mass is 32.2. The summed E-state index contributed by atoms with van der Waals surface area (Å²) in [6.45, 7) is 0.644. The van der Waals surface area contributed by atoms with E-state index in [4.69, 9.17) is 4.74 Å². The van der Waals surface area contributed by atoms with Gasteiger partial charge in [-0.25, -0.2) is 12.4 Å². The molecule has 1 aromatic heterocycles. The average molecular weight is 369 g/mol. The molecule has 0 saturated carbocycles. The summed E-state index contributed by atoms with van der Waals surface area (Å²) in [5.41, 5.74) is 1.88. The van der Waals surface area contributed by atoms with Crippen LogP contribution in [0.3, 0.4) is 0 Å². The Bertz CT molecular complexity index is 1050. The number of para-hydroxylation sites is 1. The van der Waals surface area contributed by atoms with Crippen LogP contribution in [0.4, 0.5) is 0 Å². The number of rotatable bonds is 5. The quantitative estimate of drug-likeness (QED) is 0.649. The Kier molecular flexibility index (Phi) is 4.38. The van der Waals surface area contributed by atoms with Gasteiger partial charge in [-0.2, -0.15) is 0 Å². The van der Waals surface area contributed by atoms with Gasteiger partial charge in [-0.1, -0.05) is 48.5 Å². The van der Waals surface area contributed by atoms with Crippen molar-refractivity contribution in [3.63, 3.8) is 0 Å². The monoisotopic (exact) mass is 369 g/mol. The molecule has 0 aliphatic carbocycles. The first kappa shape index (κ1) is 17.0. The fourth-order valence-electron chi connectivity index (χ4n) is 3.37. The minimum Gasteiger partial charge on any atom is -0.380 e. The Hall–Kier alpha value is -2.44. The number of ketones is 1. The van der Waals surface area contributed by atoms with E-state index in [1.165, 1.54) is 10.2 Å². The predicted octanol–water partition coefficient (Wildman–Crippen LogP) is 3.03. The minimum absolute atomic E-state index is 0.0935. The number of hydrogen-bond acceptors (Lipinski definition) is 4. The maximum atomic E-state index is 13.0. The summed E-state index contributed by atoms with van der Waals surface area (Å²) in [5, 5.41) is 0.0892. The van der Waals surface area contributed by atoms with E-state index in [-0.39, 0.29) is 18.8 Å². The summed E-state index contributed by atoms with van der Waals surface area (Å²) in [4.78, 5) is 12.9. The largest absolute Gasteiger partial charge is 0.380 e. The predicted molar refractivity (Wildman–Crippen MR) is 100.0 cm³/mol. The minimum atomic E-state index is -3.61. The van der Waals surface area contributed by atoms with E-state index in [1.54, 1.807) is 18.2 Å². The lowest BCUT2D eigenvalue weighted by Crippen LogP contribution is -2.27. The van der Waals surface area contributed by atoms with Gasteiger partial charge in [0.1, 0.15) is 5.25 Å². The standard InChI is InChI=1S/C20H19NO4S/c22-20(12-15-6-2-1-3-7-15)18-13-21(19-9-5-4-8-17(18)19)26(23,24)16-10-11-25-14-16/h1-9,13,16H,10-12,14H2. The van der Waals surface area contributed by atoms with Gasteiger partial charge < -0.3 is 4.74 Å². The molecule has 1 fully saturated rings. The summed E-state index contributed by atoms with van der Waals surface area (Å²) in [5.74, 6) is -0.0935. The Labute approximate surface area is 152 Å². The first-order valence-corrected chi connectivity index (χ1v) is 10.1. The van der Waals surface area contributed by atoms with E-state index in [2.05, 4.69) is 0 Å². The zero-order valence-corrected chi connectivity index (χ0v) is 15.0. The zero-order valence-electron chi connectivity index (χ0n) is 14.2. The highest BCUT2D eigenvalue weighted by molar-refractivity contribution is 7.90. The van der Waals surface area contributed by atoms with Crippen molar-refractivity contribution in [2.45, 2.75) is 18.1 Å². The van der Waals surface area contributed by atoms with Crippen molar-refractivity contribution in [1.82, 2.24) is 3.97 Å². The summed E-state index contributed by atoms with van der Waals surface area (Å²) in [6, 6.07) is 16.6. The van der Waals surface area contributed by atoms with Crippen LogP contribution in [-0.4, -0.2) is 36.6 Å². The topological polar surface area (TPSA) is 65.4 Å². The maximum Gasteiger partial charge on any atom is 0.244 e. The molecule has 134 valence electrons. The van der Waals surface area contributed by atoms with Crippen LogP contribution >= 0.6 is 0 Å². The van der Waals surface area contributed by atoms with E-state index in [9.17, 15) is 13.2 Å². The molecule has 26 heavy (non-hydrogen) atoms. The summed E-state index contributed by atoms with van der Waals surface area (Å²) >= 11 is 0. The van der Waals surface area contributed by atoms with E-state index in [0.29, 0.717) is 29.5 Å². The van der Waals surface area contributed by atoms with Gasteiger partial charge in [0.15, 0.2) is 5.78 Å². The Morgan fingerprint density at radius 1 is 1.08 bits per heavy atom. The van der Waals surface area contributed by atoms with Crippen LogP contribution in [-0.2, 0) is 21.2 Å². The number of ether oxygens (including phenoxy) is 1. The summed E-state index contributed by atoms with van der Waals surface area (Å²) < 4.78 is 32.5. The van der Waals surface area contributed by atoms with Gasteiger partial charge in [-0.05, 0) is 18.1 Å². The second-order valence-corrected chi connectivity index (χ2v) is 8.56. The second kappa shape index (κ2) is 6.70. The molecule has 2 heterocycles. The molecule has 2 aromatic carbocycles. The third kappa shape index (κ3) is 2.95. The summed E-state index contributed by atoms with van der Waals surface area (Å²) in [6.07, 6.45) is 2.19. The van der Waals surface area contributed by atoms with E-state index >= 15 is 0 Å². The molecule has 1 aliphatic rings. The fourth-order valence-corrected chi connectivity index (χ4v) is 5.04. The number of carbonyl (C=O) groups is 1. The van der Waals surface area contributed by atoms with Crippen molar-refractivity contribution < 1.29 is 17.9 Å². The molecule has 0 bridgehead atoms. The first-order chi connectivity index (χ1) is 12.6. The van der Waals surface area contributed by atoms with E-state index < -0.39 is 15.3 Å². The molecule has 1 saturated heterocycles. The zero-order chi connectivity index (χ0) is 18.1. The highest BCUT2D eigenvalue weighted by Crippen LogP contribution is 2.27. The van der Waals surface area contributed by atoms with Gasteiger partial charge in [0.25, 0.3) is 0 Å². The third-order valence-electron chi connectivity index (χ3n) is 4.77. The van der Waals surface area contributed by atoms with Crippen molar-refractivity contribution in [3.8, 4) is 0 Å². The van der Waals surface area contributed by atoms with Crippen LogP contribution in [0.5, 0.6) is 0 Å². The number of nitrogens with zero attached hydrogens (tertiary/aromatic N) is 1. The van der Waals surface area contributed by atoms with Crippen LogP contribution in [0.25, 0.3) is 10.9 Å². The van der Waals surface area contributed by atoms with E-state index in [0.717, 1.165) is 5.56 Å². The van der Waals surface area contributed by atoms with Crippen LogP contribution in [0.15, 0.2) is 60.8 Å². The third-order valence-corrected chi connectivity index (χ3v) is 6.83. The smallest absolute Gasteiger partial charge is 0.244 e. The second-order valence-electron chi connectivity index (χ2n) is 6.47. The van der Waals surface area contributed by atoms with Gasteiger partial charge in [-0.15, -0.1) is 0 Å². The number of carbonyl (C=O) groups excluding carboxylic acids is 1. The van der Waals surface area contributed by atoms with Crippen molar-refractivity contribution in [3.05, 3.63) is 71.9 Å². The number of aromatic nitrogens is 1. The molecule has 1 unspecified atom stereocenters. The molecule has 0 amide bonds. The molecule has 1 aliphatic heterocycles. The molecule has 5 nitrogen and oxygen atoms in total. The molecule has 3 aromatic rings. The SMILES string of the molecule is O=C(Cc1ccccc1)c1cn(S(=O)(=O)C2CCOC2)c2ccccc12. The number of hydrogen-bond donors (Lipinski definition) is 0. The lowest BCUT2D eigenvalue weighted by atomic mass is 10.0. The molecule has 6 heteroatoms. The van der Waals surface area contributed by atoms with Crippen LogP contribution in [0.1, 0.15) is 22.3 Å². The number of benzene rings is 2. The molecule has 0 N–H and O–H groups in total. The molecule has 1 atom stereocenters. The summed E-state index contributed by atoms with van der Waals surface area (Å²) in [7, 11) is -3.61. The van der Waals surface area contributed by atoms with Crippen molar-refractivity contribution >= 4 is 26.7 Å². The van der Waals surface area contributed by atoms with Gasteiger partial charge in [0, 0.05) is 30.2 Å². The molecular formula is C20H19NO4S. The van der Waals surface area contributed by atoms with Crippen molar-refractivity contribution in [2.24, 2.45) is 0 Å². The van der Waals surface area contributed by atoms with Gasteiger partial charge in [-0.3, -0.25) is 4.79 Å². The van der Waals surface area contributed by atoms with Crippen LogP contribution in [0, 0.1) is 0 Å². The number of fused-ring (bicyclic) bond motifs is 1. The maximum absolute atomic E-state index is 13.0. The van der Waals surface area contributed by atoms with Crippen molar-refractivity contribution in [1.29, 1.82) is 0 Å². The average Bonchev–Trinajstić information content (AvgIpc) is 3.31. The van der Waals surface area contributed by atoms with Gasteiger partial charge in [0.2, 0.25) is 10.0 Å². The fraction of sp³-hybridized carbons (Fsp3) is 0.250. The first-order valence-electron chi connectivity index (χ1n) is 8.57. The van der Waals surface area contributed by atoms with Gasteiger partial charge in [0.05, 0.1) is 12.1 Å². The molecule has 4 rings (SSSR count). The molecular weight excluding hydrogens is 350 g/mol. The van der Waals surface area contributed by atoms with E-state index in [1.807, 2.05) is 36.4 Å². The molecule has 0 spiro atoms. The lowest BCUT2D eigenvalue weighted by molar-refractivity contribution is 0.0994.